The van der Waals surface area contributed by atoms with Crippen molar-refractivity contribution >= 4 is 0 Å². The highest BCUT2D eigenvalue weighted by molar-refractivity contribution is 5.21. The van der Waals surface area contributed by atoms with Gasteiger partial charge in [-0.2, -0.15) is 0 Å². The molecule has 0 aromatic carbocycles. The lowest BCUT2D eigenvalue weighted by Gasteiger charge is -2.57. The average Bonchev–Trinajstić information content (AvgIpc) is 3.31. The maximum atomic E-state index is 11.7. The largest absolute Gasteiger partial charge is 0.466 e. The Hall–Kier alpha value is -0.840. The third-order valence-electron chi connectivity index (χ3n) is 9.59. The molecular formula is C24H38O4. The average molecular weight is 391 g/mol. The van der Waals surface area contributed by atoms with Crippen LogP contribution >= 0.6 is 0 Å². The smallest absolute Gasteiger partial charge is 0.135 e. The molecule has 28 heavy (non-hydrogen) atoms. The van der Waals surface area contributed by atoms with Crippen LogP contribution in [0.15, 0.2) is 22.8 Å². The zero-order valence-electron chi connectivity index (χ0n) is 17.7. The Kier molecular flexibility index (Phi) is 5.21. The lowest BCUT2D eigenvalue weighted by molar-refractivity contribution is -0.156. The number of aliphatic hydroxyl groups is 3. The molecule has 4 rings (SSSR count). The Morgan fingerprint density at radius 1 is 1.04 bits per heavy atom. The highest BCUT2D eigenvalue weighted by atomic mass is 16.4. The van der Waals surface area contributed by atoms with Crippen molar-refractivity contribution in [2.75, 3.05) is 13.2 Å². The normalized spacial score (nSPS) is 49.1. The van der Waals surface area contributed by atoms with Gasteiger partial charge in [0.05, 0.1) is 6.26 Å². The van der Waals surface area contributed by atoms with Crippen molar-refractivity contribution in [3.05, 3.63) is 24.2 Å². The summed E-state index contributed by atoms with van der Waals surface area (Å²) in [6.07, 6.45) is 8.64. The highest BCUT2D eigenvalue weighted by Gasteiger charge is 2.64. The summed E-state index contributed by atoms with van der Waals surface area (Å²) >= 11 is 0. The molecule has 158 valence electrons. The summed E-state index contributed by atoms with van der Waals surface area (Å²) < 4.78 is 5.67. The Morgan fingerprint density at radius 3 is 2.43 bits per heavy atom. The summed E-state index contributed by atoms with van der Waals surface area (Å²) in [4.78, 5) is 0. The fraction of sp³-hybridized carbons (Fsp3) is 0.833. The summed E-state index contributed by atoms with van der Waals surface area (Å²) in [6, 6.07) is 3.76. The van der Waals surface area contributed by atoms with E-state index in [1.54, 1.807) is 6.26 Å². The van der Waals surface area contributed by atoms with Crippen LogP contribution in [0.1, 0.15) is 71.5 Å². The van der Waals surface area contributed by atoms with Gasteiger partial charge in [-0.15, -0.1) is 0 Å². The molecule has 3 fully saturated rings. The van der Waals surface area contributed by atoms with Crippen LogP contribution in [-0.4, -0.2) is 28.5 Å². The molecule has 0 unspecified atom stereocenters. The van der Waals surface area contributed by atoms with E-state index in [0.717, 1.165) is 32.1 Å². The first-order valence-corrected chi connectivity index (χ1v) is 11.3. The number of furan rings is 1. The van der Waals surface area contributed by atoms with Crippen LogP contribution in [0, 0.1) is 40.4 Å². The van der Waals surface area contributed by atoms with E-state index in [1.165, 1.54) is 6.42 Å². The van der Waals surface area contributed by atoms with E-state index in [4.69, 9.17) is 4.42 Å². The molecule has 1 heterocycles. The molecule has 0 bridgehead atoms. The van der Waals surface area contributed by atoms with E-state index < -0.39 is 5.60 Å². The highest BCUT2D eigenvalue weighted by Crippen LogP contribution is 2.67. The van der Waals surface area contributed by atoms with Crippen molar-refractivity contribution in [2.24, 2.45) is 40.4 Å². The molecule has 3 N–H and O–H groups in total. The van der Waals surface area contributed by atoms with Gasteiger partial charge in [0, 0.05) is 18.6 Å². The summed E-state index contributed by atoms with van der Waals surface area (Å²) in [5.41, 5.74) is -1.15. The third-order valence-corrected chi connectivity index (χ3v) is 9.59. The maximum absolute atomic E-state index is 11.7. The van der Waals surface area contributed by atoms with Crippen LogP contribution in [-0.2, 0) is 5.60 Å². The van der Waals surface area contributed by atoms with Crippen molar-refractivity contribution in [1.29, 1.82) is 0 Å². The molecule has 0 aliphatic heterocycles. The summed E-state index contributed by atoms with van der Waals surface area (Å²) in [6.45, 7) is 7.28. The maximum Gasteiger partial charge on any atom is 0.135 e. The Morgan fingerprint density at radius 2 is 1.79 bits per heavy atom. The predicted molar refractivity (Wildman–Crippen MR) is 108 cm³/mol. The number of hydrogen-bond acceptors (Lipinski definition) is 4. The molecular weight excluding hydrogens is 352 g/mol. The molecule has 4 heteroatoms. The molecule has 3 aliphatic carbocycles. The quantitative estimate of drug-likeness (QED) is 0.715. The van der Waals surface area contributed by atoms with E-state index in [9.17, 15) is 15.3 Å². The lowest BCUT2D eigenvalue weighted by atomic mass is 9.48. The molecule has 0 amide bonds. The van der Waals surface area contributed by atoms with Gasteiger partial charge >= 0.3 is 0 Å². The number of hydrogen-bond donors (Lipinski definition) is 3. The van der Waals surface area contributed by atoms with Crippen molar-refractivity contribution in [3.63, 3.8) is 0 Å². The fourth-order valence-electron chi connectivity index (χ4n) is 7.70. The van der Waals surface area contributed by atoms with Crippen LogP contribution in [0.3, 0.4) is 0 Å². The zero-order valence-corrected chi connectivity index (χ0v) is 17.7. The first kappa shape index (κ1) is 20.4. The van der Waals surface area contributed by atoms with Crippen LogP contribution in [0.25, 0.3) is 0 Å². The van der Waals surface area contributed by atoms with Gasteiger partial charge < -0.3 is 19.7 Å². The predicted octanol–water partition coefficient (Wildman–Crippen LogP) is 4.34. The topological polar surface area (TPSA) is 73.8 Å². The second-order valence-corrected chi connectivity index (χ2v) is 10.7. The monoisotopic (exact) mass is 390 g/mol. The minimum atomic E-state index is -0.947. The standard InChI is InChI=1S/C24H38O4/c1-16-6-9-22(2,17(13-16)14-25)19-7-10-23(3)20(18(19)15-26)8-11-24(23,27)21-5-4-12-28-21/h4-5,12,16-20,25-27H,6-11,13-15H2,1-3H3/t16-,17+,18+,19-,20-,22-,23-,24+/m0/s1. The summed E-state index contributed by atoms with van der Waals surface area (Å²) in [5.74, 6) is 2.52. The summed E-state index contributed by atoms with van der Waals surface area (Å²) in [5, 5.41) is 32.4. The fourth-order valence-corrected chi connectivity index (χ4v) is 7.70. The van der Waals surface area contributed by atoms with Gasteiger partial charge in [-0.1, -0.05) is 27.2 Å². The molecule has 3 aliphatic rings. The van der Waals surface area contributed by atoms with E-state index >= 15 is 0 Å². The van der Waals surface area contributed by atoms with Crippen molar-refractivity contribution in [1.82, 2.24) is 0 Å². The van der Waals surface area contributed by atoms with Crippen LogP contribution < -0.4 is 0 Å². The number of aliphatic hydroxyl groups excluding tert-OH is 2. The minimum absolute atomic E-state index is 0.0708. The van der Waals surface area contributed by atoms with Gasteiger partial charge in [0.15, 0.2) is 0 Å². The molecule has 4 nitrogen and oxygen atoms in total. The van der Waals surface area contributed by atoms with Gasteiger partial charge in [-0.05, 0) is 85.7 Å². The molecule has 0 saturated heterocycles. The molecule has 3 saturated carbocycles. The van der Waals surface area contributed by atoms with Crippen LogP contribution in [0.4, 0.5) is 0 Å². The van der Waals surface area contributed by atoms with Gasteiger partial charge in [0.25, 0.3) is 0 Å². The SMILES string of the molecule is C[C@H]1CC[C@](C)([C@H]2CC[C@@]3(C)[C@@H](CC[C@@]3(O)c3ccco3)[C@@H]2CO)[C@@H](CO)C1. The minimum Gasteiger partial charge on any atom is -0.466 e. The first-order chi connectivity index (χ1) is 13.3. The Bertz CT molecular complexity index is 672. The van der Waals surface area contributed by atoms with Crippen LogP contribution in [0.2, 0.25) is 0 Å². The lowest BCUT2D eigenvalue weighted by Crippen LogP contribution is -2.54. The van der Waals surface area contributed by atoms with Gasteiger partial charge in [-0.25, -0.2) is 0 Å². The summed E-state index contributed by atoms with van der Waals surface area (Å²) in [7, 11) is 0. The van der Waals surface area contributed by atoms with E-state index in [1.807, 2.05) is 12.1 Å². The van der Waals surface area contributed by atoms with E-state index in [2.05, 4.69) is 20.8 Å². The van der Waals surface area contributed by atoms with Crippen molar-refractivity contribution < 1.29 is 19.7 Å². The molecule has 0 radical (unpaired) electrons. The van der Waals surface area contributed by atoms with Gasteiger partial charge in [0.1, 0.15) is 11.4 Å². The number of rotatable bonds is 4. The molecule has 0 spiro atoms. The molecule has 1 aromatic rings. The van der Waals surface area contributed by atoms with Crippen molar-refractivity contribution in [2.45, 2.75) is 71.3 Å². The van der Waals surface area contributed by atoms with E-state index in [-0.39, 0.29) is 35.9 Å². The second kappa shape index (κ2) is 7.14. The van der Waals surface area contributed by atoms with Gasteiger partial charge in [0.2, 0.25) is 0 Å². The molecule has 1 aromatic heterocycles. The van der Waals surface area contributed by atoms with E-state index in [0.29, 0.717) is 29.9 Å². The Labute approximate surface area is 169 Å². The van der Waals surface area contributed by atoms with Crippen LogP contribution in [0.5, 0.6) is 0 Å². The second-order valence-electron chi connectivity index (χ2n) is 10.7. The Balaban J connectivity index is 1.66. The number of fused-ring (bicyclic) bond motifs is 1. The van der Waals surface area contributed by atoms with Crippen molar-refractivity contribution in [3.8, 4) is 0 Å². The van der Waals surface area contributed by atoms with Gasteiger partial charge in [-0.3, -0.25) is 0 Å². The first-order valence-electron chi connectivity index (χ1n) is 11.3. The third kappa shape index (κ3) is 2.74. The molecule has 8 atom stereocenters. The zero-order chi connectivity index (χ0) is 20.2.